The third-order valence-corrected chi connectivity index (χ3v) is 13.8. The summed E-state index contributed by atoms with van der Waals surface area (Å²) in [6.07, 6.45) is 62.1. The Morgan fingerprint density at radius 3 is 1.26 bits per heavy atom. The summed E-state index contributed by atoms with van der Waals surface area (Å²) in [4.78, 5) is 25.5. The molecule has 0 saturated carbocycles. The normalized spacial score (nSPS) is 14.2. The van der Waals surface area contributed by atoms with Gasteiger partial charge in [-0.15, -0.1) is 0 Å². The molecule has 0 aliphatic carbocycles. The Balaban J connectivity index is 4.16. The van der Waals surface area contributed by atoms with Crippen LogP contribution >= 0.6 is 7.82 Å². The molecule has 0 spiro atoms. The fraction of sp³-hybridized carbons (Fsp3) is 0.877. The van der Waals surface area contributed by atoms with Crippen molar-refractivity contribution in [2.75, 3.05) is 40.9 Å². The highest BCUT2D eigenvalue weighted by Crippen LogP contribution is 2.38. The third kappa shape index (κ3) is 50.6. The van der Waals surface area contributed by atoms with Crippen LogP contribution in [0.4, 0.5) is 0 Å². The minimum absolute atomic E-state index is 0.0000496. The molecule has 66 heavy (non-hydrogen) atoms. The second kappa shape index (κ2) is 48.7. The van der Waals surface area contributed by atoms with Gasteiger partial charge in [0.15, 0.2) is 0 Å². The van der Waals surface area contributed by atoms with Crippen LogP contribution in [0.5, 0.6) is 0 Å². The molecule has 0 saturated heterocycles. The van der Waals surface area contributed by atoms with Gasteiger partial charge in [-0.05, 0) is 51.4 Å². The molecule has 9 heteroatoms. The van der Waals surface area contributed by atoms with Crippen molar-refractivity contribution in [3.8, 4) is 0 Å². The Kier molecular flexibility index (Phi) is 47.8. The van der Waals surface area contributed by atoms with Gasteiger partial charge in [-0.3, -0.25) is 9.36 Å². The molecule has 0 fully saturated rings. The smallest absolute Gasteiger partial charge is 0.268 e. The Morgan fingerprint density at radius 2 is 0.879 bits per heavy atom. The molecule has 1 amide bonds. The van der Waals surface area contributed by atoms with Gasteiger partial charge in [0.1, 0.15) is 13.2 Å². The number of hydrogen-bond donors (Lipinski definition) is 2. The van der Waals surface area contributed by atoms with Gasteiger partial charge in [0.05, 0.1) is 39.9 Å². The summed E-state index contributed by atoms with van der Waals surface area (Å²) in [6.45, 7) is 4.67. The second-order valence-corrected chi connectivity index (χ2v) is 22.1. The molecule has 0 aromatic rings. The number of nitrogens with zero attached hydrogens (tertiary/aromatic N) is 1. The number of phosphoric acid groups is 1. The average Bonchev–Trinajstić information content (AvgIpc) is 3.28. The van der Waals surface area contributed by atoms with E-state index >= 15 is 0 Å². The molecule has 0 aromatic heterocycles. The zero-order chi connectivity index (χ0) is 48.5. The van der Waals surface area contributed by atoms with E-state index in [1.807, 2.05) is 27.2 Å². The number of unbranched alkanes of at least 4 members (excludes halogenated alkanes) is 35. The summed E-state index contributed by atoms with van der Waals surface area (Å²) >= 11 is 0. The Labute approximate surface area is 410 Å². The number of carbonyl (C=O) groups excluding carboxylic acids is 1. The summed E-state index contributed by atoms with van der Waals surface area (Å²) in [6, 6.07) is -0.885. The van der Waals surface area contributed by atoms with Crippen molar-refractivity contribution >= 4 is 13.7 Å². The van der Waals surface area contributed by atoms with Crippen molar-refractivity contribution in [1.29, 1.82) is 0 Å². The molecule has 0 aliphatic heterocycles. The number of carbonyl (C=O) groups is 1. The molecule has 390 valence electrons. The molecule has 0 bridgehead atoms. The third-order valence-electron chi connectivity index (χ3n) is 12.8. The molecule has 0 radical (unpaired) electrons. The lowest BCUT2D eigenvalue weighted by Gasteiger charge is -2.29. The average molecular weight is 951 g/mol. The molecule has 2 N–H and O–H groups in total. The number of hydrogen-bond acceptors (Lipinski definition) is 6. The van der Waals surface area contributed by atoms with Crippen LogP contribution in [0.25, 0.3) is 0 Å². The molecule has 0 rings (SSSR count). The number of nitrogens with one attached hydrogen (secondary N) is 1. The van der Waals surface area contributed by atoms with Gasteiger partial charge in [-0.2, -0.15) is 0 Å². The number of amides is 1. The summed E-state index contributed by atoms with van der Waals surface area (Å²) in [5, 5.41) is 13.9. The first-order valence-electron chi connectivity index (χ1n) is 28.4. The van der Waals surface area contributed by atoms with Gasteiger partial charge in [-0.25, -0.2) is 0 Å². The van der Waals surface area contributed by atoms with E-state index in [0.29, 0.717) is 17.4 Å². The van der Waals surface area contributed by atoms with Crippen molar-refractivity contribution in [1.82, 2.24) is 5.32 Å². The maximum Gasteiger partial charge on any atom is 0.268 e. The minimum Gasteiger partial charge on any atom is -0.756 e. The Bertz CT molecular complexity index is 1170. The molecule has 3 atom stereocenters. The van der Waals surface area contributed by atoms with Gasteiger partial charge in [0.25, 0.3) is 7.82 Å². The minimum atomic E-state index is -4.59. The number of aliphatic hydroxyl groups excluding tert-OH is 1. The first-order chi connectivity index (χ1) is 32.0. The van der Waals surface area contributed by atoms with Crippen LogP contribution in [0.15, 0.2) is 36.5 Å². The van der Waals surface area contributed by atoms with Crippen molar-refractivity contribution in [2.45, 2.75) is 283 Å². The highest BCUT2D eigenvalue weighted by atomic mass is 31.2. The summed E-state index contributed by atoms with van der Waals surface area (Å²) in [7, 11) is 1.27. The summed E-state index contributed by atoms with van der Waals surface area (Å²) in [5.41, 5.74) is 0. The molecule has 0 aliphatic rings. The van der Waals surface area contributed by atoms with Crippen molar-refractivity contribution in [2.24, 2.45) is 0 Å². The molecule has 3 unspecified atom stereocenters. The predicted octanol–water partition coefficient (Wildman–Crippen LogP) is 16.4. The number of likely N-dealkylation sites (N-methyl/N-ethyl adjacent to an activating group) is 1. The topological polar surface area (TPSA) is 108 Å². The van der Waals surface area contributed by atoms with Crippen LogP contribution in [0.3, 0.4) is 0 Å². The van der Waals surface area contributed by atoms with E-state index in [-0.39, 0.29) is 19.1 Å². The standard InChI is InChI=1S/C57H111N2O6P/c1-6-8-10-12-14-16-18-20-22-24-25-26-27-28-29-30-31-32-33-35-37-39-41-43-45-47-49-51-57(61)58-55(54-65-66(62,63)64-53-52-59(3,4)5)56(60)50-48-46-44-42-40-38-36-34-23-21-19-17-15-13-11-9-7-2/h18,20,24-25,48,50,55-56,60H,6-17,19,21-23,26-47,49,51-54H2,1-5H3,(H-,58,61,62,63)/b20-18-,25-24-,50-48+. The largest absolute Gasteiger partial charge is 0.756 e. The van der Waals surface area contributed by atoms with Gasteiger partial charge < -0.3 is 28.8 Å². The Hall–Kier alpha value is -1.28. The van der Waals surface area contributed by atoms with Gasteiger partial charge in [0.2, 0.25) is 5.91 Å². The molecular weight excluding hydrogens is 840 g/mol. The van der Waals surface area contributed by atoms with E-state index in [1.165, 1.54) is 205 Å². The van der Waals surface area contributed by atoms with E-state index in [9.17, 15) is 19.4 Å². The number of aliphatic hydroxyl groups is 1. The molecular formula is C57H111N2O6P. The van der Waals surface area contributed by atoms with Crippen LogP contribution in [-0.2, 0) is 18.4 Å². The first-order valence-corrected chi connectivity index (χ1v) is 29.8. The van der Waals surface area contributed by atoms with Gasteiger partial charge >= 0.3 is 0 Å². The highest BCUT2D eigenvalue weighted by Gasteiger charge is 2.23. The van der Waals surface area contributed by atoms with Crippen LogP contribution in [-0.4, -0.2) is 68.5 Å². The maximum atomic E-state index is 13.0. The zero-order valence-corrected chi connectivity index (χ0v) is 45.3. The van der Waals surface area contributed by atoms with Crippen LogP contribution in [0.2, 0.25) is 0 Å². The van der Waals surface area contributed by atoms with E-state index < -0.39 is 20.0 Å². The monoisotopic (exact) mass is 951 g/mol. The zero-order valence-electron chi connectivity index (χ0n) is 44.4. The fourth-order valence-corrected chi connectivity index (χ4v) is 9.08. The van der Waals surface area contributed by atoms with Gasteiger partial charge in [-0.1, -0.05) is 249 Å². The van der Waals surface area contributed by atoms with Crippen molar-refractivity contribution in [3.05, 3.63) is 36.5 Å². The number of quaternary nitrogens is 1. The second-order valence-electron chi connectivity index (χ2n) is 20.6. The highest BCUT2D eigenvalue weighted by molar-refractivity contribution is 7.45. The van der Waals surface area contributed by atoms with Gasteiger partial charge in [0, 0.05) is 6.42 Å². The van der Waals surface area contributed by atoms with E-state index in [4.69, 9.17) is 9.05 Å². The Morgan fingerprint density at radius 1 is 0.530 bits per heavy atom. The fourth-order valence-electron chi connectivity index (χ4n) is 8.36. The predicted molar refractivity (Wildman–Crippen MR) is 284 cm³/mol. The molecule has 0 aromatic carbocycles. The lowest BCUT2D eigenvalue weighted by Crippen LogP contribution is -2.45. The maximum absolute atomic E-state index is 13.0. The lowest BCUT2D eigenvalue weighted by atomic mass is 10.0. The quantitative estimate of drug-likeness (QED) is 0.0272. The first kappa shape index (κ1) is 64.7. The van der Waals surface area contributed by atoms with Crippen LogP contribution in [0.1, 0.15) is 271 Å². The number of rotatable bonds is 52. The lowest BCUT2D eigenvalue weighted by molar-refractivity contribution is -0.870. The number of allylic oxidation sites excluding steroid dienone is 5. The van der Waals surface area contributed by atoms with Crippen LogP contribution in [0, 0.1) is 0 Å². The van der Waals surface area contributed by atoms with Crippen LogP contribution < -0.4 is 10.2 Å². The molecule has 0 heterocycles. The SMILES string of the molecule is CCCCCCC/C=C\C/C=C\CCCCCCCCCCCCCCCCCC(=O)NC(COP(=O)([O-])OCC[N+](C)(C)C)C(O)/C=C/CCCCCCCCCCCCCCCCC. The van der Waals surface area contributed by atoms with E-state index in [1.54, 1.807) is 6.08 Å². The van der Waals surface area contributed by atoms with E-state index in [2.05, 4.69) is 43.5 Å². The van der Waals surface area contributed by atoms with Crippen molar-refractivity contribution in [3.63, 3.8) is 0 Å². The van der Waals surface area contributed by atoms with E-state index in [0.717, 1.165) is 44.9 Å². The number of phosphoric ester groups is 1. The summed E-state index contributed by atoms with van der Waals surface area (Å²) < 4.78 is 23.3. The van der Waals surface area contributed by atoms with Crippen molar-refractivity contribution < 1.29 is 32.9 Å². The molecule has 8 nitrogen and oxygen atoms in total. The summed E-state index contributed by atoms with van der Waals surface area (Å²) in [5.74, 6) is -0.195.